The van der Waals surface area contributed by atoms with Crippen LogP contribution in [0.1, 0.15) is 32.1 Å². The van der Waals surface area contributed by atoms with Crippen LogP contribution in [0.25, 0.3) is 22.4 Å². The Morgan fingerprint density at radius 3 is 2.77 bits per heavy atom. The minimum atomic E-state index is -4.54. The molecule has 2 saturated heterocycles. The van der Waals surface area contributed by atoms with Crippen LogP contribution in [0.2, 0.25) is 0 Å². The second-order valence-corrected chi connectivity index (χ2v) is 11.5. The molecule has 238 valence electrons. The number of hydrogen-bond acceptors (Lipinski definition) is 9. The zero-order chi connectivity index (χ0) is 31.5. The molecular formula is C29H36F4N8O3. The van der Waals surface area contributed by atoms with E-state index < -0.39 is 30.8 Å². The lowest BCUT2D eigenvalue weighted by molar-refractivity contribution is -0.139. The monoisotopic (exact) mass is 620 g/mol. The van der Waals surface area contributed by atoms with Gasteiger partial charge in [0.05, 0.1) is 34.9 Å². The average molecular weight is 621 g/mol. The van der Waals surface area contributed by atoms with E-state index in [4.69, 9.17) is 15.0 Å². The van der Waals surface area contributed by atoms with Gasteiger partial charge in [0.25, 0.3) is 5.91 Å². The molecule has 1 amide bonds. The van der Waals surface area contributed by atoms with Gasteiger partial charge in [-0.1, -0.05) is 11.2 Å². The van der Waals surface area contributed by atoms with Crippen molar-refractivity contribution in [2.45, 2.75) is 63.2 Å². The fourth-order valence-electron chi connectivity index (χ4n) is 5.40. The van der Waals surface area contributed by atoms with Gasteiger partial charge in [-0.05, 0) is 51.4 Å². The predicted molar refractivity (Wildman–Crippen MR) is 157 cm³/mol. The Kier molecular flexibility index (Phi) is 9.25. The molecule has 4 N–H and O–H groups in total. The SMILES string of the molecule is CN1CC[C@@H](Nc2cccc3c2cc(-c2noc(CNC(=O)C(C=NC4(C)CCOCC4)=CN)n2)n3CC(F)(F)F)[C@@H](F)C1. The molecule has 2 aliphatic heterocycles. The first-order chi connectivity index (χ1) is 20.9. The van der Waals surface area contributed by atoms with E-state index >= 15 is 0 Å². The number of amides is 1. The molecule has 0 aliphatic carbocycles. The molecule has 2 atom stereocenters. The third kappa shape index (κ3) is 7.38. The lowest BCUT2D eigenvalue weighted by Gasteiger charge is -2.33. The highest BCUT2D eigenvalue weighted by atomic mass is 19.4. The Balaban J connectivity index is 1.35. The first-order valence-corrected chi connectivity index (χ1v) is 14.4. The number of fused-ring (bicyclic) bond motifs is 1. The maximum absolute atomic E-state index is 14.8. The van der Waals surface area contributed by atoms with E-state index in [1.54, 1.807) is 18.2 Å². The molecule has 0 saturated carbocycles. The van der Waals surface area contributed by atoms with E-state index in [1.807, 2.05) is 18.9 Å². The largest absolute Gasteiger partial charge is 0.406 e. The second kappa shape index (κ2) is 12.9. The standard InChI is InChI=1S/C29H36F4N8O3/c1-28(7-10-43-11-8-28)36-14-18(13-34)27(42)35-15-25-38-26(39-44-25)24-12-19-21(37-22-6-9-40(2)16-20(22)30)4-3-5-23(19)41(24)17-29(31,32)33/h3-5,12-14,20,22,37H,6-11,15-17,34H2,1-2H3,(H,35,42)/t20-,22+/m0/s1. The number of aromatic nitrogens is 3. The molecule has 2 fully saturated rings. The summed E-state index contributed by atoms with van der Waals surface area (Å²) in [5.41, 5.74) is 6.27. The number of nitrogens with two attached hydrogens (primary N) is 1. The molecule has 11 nitrogen and oxygen atoms in total. The summed E-state index contributed by atoms with van der Waals surface area (Å²) in [6, 6.07) is 5.93. The van der Waals surface area contributed by atoms with Crippen molar-refractivity contribution in [2.75, 3.05) is 38.7 Å². The number of carbonyl (C=O) groups excluding carboxylic acids is 1. The lowest BCUT2D eigenvalue weighted by atomic mass is 9.93. The molecule has 0 unspecified atom stereocenters. The maximum Gasteiger partial charge on any atom is 0.406 e. The van der Waals surface area contributed by atoms with Crippen LogP contribution in [0.3, 0.4) is 0 Å². The summed E-state index contributed by atoms with van der Waals surface area (Å²) < 4.78 is 67.6. The molecule has 0 radical (unpaired) electrons. The highest BCUT2D eigenvalue weighted by Gasteiger charge is 2.32. The number of piperidine rings is 1. The Hall–Kier alpha value is -3.98. The molecular weight excluding hydrogens is 584 g/mol. The van der Waals surface area contributed by atoms with Gasteiger partial charge in [0.1, 0.15) is 12.7 Å². The number of likely N-dealkylation sites (tertiary alicyclic amines) is 1. The van der Waals surface area contributed by atoms with Crippen molar-refractivity contribution in [3.63, 3.8) is 0 Å². The fraction of sp³-hybridized carbons (Fsp3) is 0.517. The van der Waals surface area contributed by atoms with Crippen molar-refractivity contribution in [3.8, 4) is 11.5 Å². The van der Waals surface area contributed by atoms with Crippen molar-refractivity contribution in [1.29, 1.82) is 0 Å². The number of halogens is 4. The topological polar surface area (TPSA) is 136 Å². The van der Waals surface area contributed by atoms with Crippen LogP contribution < -0.4 is 16.4 Å². The van der Waals surface area contributed by atoms with Gasteiger partial charge in [0.2, 0.25) is 11.7 Å². The molecule has 4 heterocycles. The molecule has 15 heteroatoms. The van der Waals surface area contributed by atoms with Crippen LogP contribution in [0.5, 0.6) is 0 Å². The number of ether oxygens (including phenoxy) is 1. The molecule has 2 aliphatic rings. The van der Waals surface area contributed by atoms with Gasteiger partial charge in [0, 0.05) is 49.8 Å². The van der Waals surface area contributed by atoms with E-state index in [0.717, 1.165) is 10.8 Å². The molecule has 1 aromatic carbocycles. The van der Waals surface area contributed by atoms with Gasteiger partial charge in [-0.15, -0.1) is 0 Å². The first kappa shape index (κ1) is 31.4. The Morgan fingerprint density at radius 1 is 1.30 bits per heavy atom. The number of aliphatic imine (C=N–C) groups is 1. The smallest absolute Gasteiger partial charge is 0.404 e. The third-order valence-electron chi connectivity index (χ3n) is 7.99. The molecule has 5 rings (SSSR count). The summed E-state index contributed by atoms with van der Waals surface area (Å²) in [4.78, 5) is 23.4. The van der Waals surface area contributed by atoms with Gasteiger partial charge in [-0.25, -0.2) is 4.39 Å². The number of alkyl halides is 4. The Bertz CT molecular complexity index is 1530. The number of benzene rings is 1. The van der Waals surface area contributed by atoms with Crippen molar-refractivity contribution in [3.05, 3.63) is 41.9 Å². The molecule has 0 bridgehead atoms. The highest BCUT2D eigenvalue weighted by Crippen LogP contribution is 2.35. The van der Waals surface area contributed by atoms with Crippen molar-refractivity contribution in [1.82, 2.24) is 24.9 Å². The van der Waals surface area contributed by atoms with E-state index in [-0.39, 0.29) is 47.1 Å². The lowest BCUT2D eigenvalue weighted by Crippen LogP contribution is -2.46. The summed E-state index contributed by atoms with van der Waals surface area (Å²) in [7, 11) is 1.84. The highest BCUT2D eigenvalue weighted by molar-refractivity contribution is 6.12. The van der Waals surface area contributed by atoms with Crippen LogP contribution in [0.4, 0.5) is 23.2 Å². The average Bonchev–Trinajstić information content (AvgIpc) is 3.58. The summed E-state index contributed by atoms with van der Waals surface area (Å²) in [6.07, 6.45) is -1.16. The summed E-state index contributed by atoms with van der Waals surface area (Å²) in [5, 5.41) is 10.2. The van der Waals surface area contributed by atoms with E-state index in [0.29, 0.717) is 50.1 Å². The van der Waals surface area contributed by atoms with Crippen LogP contribution in [0, 0.1) is 0 Å². The minimum Gasteiger partial charge on any atom is -0.404 e. The van der Waals surface area contributed by atoms with Crippen LogP contribution in [0.15, 0.2) is 45.6 Å². The summed E-state index contributed by atoms with van der Waals surface area (Å²) >= 11 is 0. The quantitative estimate of drug-likeness (QED) is 0.187. The van der Waals surface area contributed by atoms with E-state index in [2.05, 4.69) is 25.8 Å². The number of nitrogens with one attached hydrogen (secondary N) is 2. The molecule has 2 aromatic heterocycles. The molecule has 3 aromatic rings. The second-order valence-electron chi connectivity index (χ2n) is 11.5. The van der Waals surface area contributed by atoms with Gasteiger partial charge in [-0.2, -0.15) is 18.2 Å². The first-order valence-electron chi connectivity index (χ1n) is 14.4. The number of rotatable bonds is 9. The van der Waals surface area contributed by atoms with Crippen LogP contribution in [-0.2, 0) is 22.6 Å². The van der Waals surface area contributed by atoms with Gasteiger partial charge in [0.15, 0.2) is 0 Å². The Labute approximate surface area is 251 Å². The van der Waals surface area contributed by atoms with Crippen LogP contribution in [-0.4, -0.2) is 89.0 Å². The summed E-state index contributed by atoms with van der Waals surface area (Å²) in [6.45, 7) is 2.60. The predicted octanol–water partition coefficient (Wildman–Crippen LogP) is 3.81. The number of carbonyl (C=O) groups is 1. The molecule has 44 heavy (non-hydrogen) atoms. The summed E-state index contributed by atoms with van der Waals surface area (Å²) in [5.74, 6) is -0.646. The third-order valence-corrected chi connectivity index (χ3v) is 7.99. The zero-order valence-electron chi connectivity index (χ0n) is 24.5. The maximum atomic E-state index is 14.8. The fourth-order valence-corrected chi connectivity index (χ4v) is 5.40. The normalized spacial score (nSPS) is 21.6. The van der Waals surface area contributed by atoms with E-state index in [9.17, 15) is 22.4 Å². The Morgan fingerprint density at radius 2 is 2.07 bits per heavy atom. The molecule has 0 spiro atoms. The van der Waals surface area contributed by atoms with Crippen LogP contribution >= 0.6 is 0 Å². The number of anilines is 1. The van der Waals surface area contributed by atoms with Gasteiger partial charge in [-0.3, -0.25) is 9.79 Å². The van der Waals surface area contributed by atoms with E-state index in [1.165, 1.54) is 12.3 Å². The number of hydrogen-bond donors (Lipinski definition) is 3. The van der Waals surface area contributed by atoms with Crippen molar-refractivity contribution < 1.29 is 31.6 Å². The zero-order valence-corrected chi connectivity index (χ0v) is 24.5. The van der Waals surface area contributed by atoms with Gasteiger partial charge >= 0.3 is 6.18 Å². The number of nitrogens with zero attached hydrogens (tertiary/aromatic N) is 5. The van der Waals surface area contributed by atoms with Crippen molar-refractivity contribution >= 4 is 28.7 Å². The van der Waals surface area contributed by atoms with Gasteiger partial charge < -0.3 is 35.1 Å². The minimum absolute atomic E-state index is 0.0215. The van der Waals surface area contributed by atoms with Crippen molar-refractivity contribution in [2.24, 2.45) is 10.7 Å².